The Balaban J connectivity index is 2.07. The van der Waals surface area contributed by atoms with E-state index >= 15 is 0 Å². The fourth-order valence-electron chi connectivity index (χ4n) is 2.47. The Hall–Kier alpha value is -1.38. The van der Waals surface area contributed by atoms with Crippen LogP contribution in [0.5, 0.6) is 0 Å². The third kappa shape index (κ3) is 3.84. The van der Waals surface area contributed by atoms with Gasteiger partial charge in [-0.25, -0.2) is 8.42 Å². The van der Waals surface area contributed by atoms with E-state index in [4.69, 9.17) is 10.2 Å². The molecular weight excluding hydrogens is 294 g/mol. The van der Waals surface area contributed by atoms with Gasteiger partial charge in [-0.1, -0.05) is 6.42 Å². The molecule has 1 aromatic rings. The number of nitrogens with two attached hydrogens (primary N) is 1. The summed E-state index contributed by atoms with van der Waals surface area (Å²) >= 11 is 0. The summed E-state index contributed by atoms with van der Waals surface area (Å²) in [6.07, 6.45) is 4.07. The van der Waals surface area contributed by atoms with E-state index in [0.717, 1.165) is 19.3 Å². The van der Waals surface area contributed by atoms with Crippen LogP contribution in [-0.4, -0.2) is 44.3 Å². The number of sulfonamides is 1. The first-order valence-electron chi connectivity index (χ1n) is 7.08. The van der Waals surface area contributed by atoms with Crippen LogP contribution in [0.1, 0.15) is 25.7 Å². The molecule has 8 heteroatoms. The van der Waals surface area contributed by atoms with Gasteiger partial charge in [-0.15, -0.1) is 0 Å². The van der Waals surface area contributed by atoms with Crippen LogP contribution in [0.25, 0.3) is 0 Å². The van der Waals surface area contributed by atoms with Gasteiger partial charge in [0.15, 0.2) is 0 Å². The van der Waals surface area contributed by atoms with Gasteiger partial charge in [0, 0.05) is 32.1 Å². The van der Waals surface area contributed by atoms with Crippen molar-refractivity contribution in [2.45, 2.75) is 36.8 Å². The number of hydrogen-bond donors (Lipinski definition) is 2. The van der Waals surface area contributed by atoms with E-state index in [2.05, 4.69) is 5.32 Å². The van der Waals surface area contributed by atoms with E-state index in [1.807, 2.05) is 0 Å². The normalized spacial score (nSPS) is 20.3. The molecule has 0 radical (unpaired) electrons. The fraction of sp³-hybridized carbons (Fsp3) is 0.615. The summed E-state index contributed by atoms with van der Waals surface area (Å²) in [5.74, 6) is -0.154. The molecule has 0 bridgehead atoms. The highest BCUT2D eigenvalue weighted by atomic mass is 32.2. The number of carbonyl (C=O) groups excluding carboxylic acids is 1. The monoisotopic (exact) mass is 315 g/mol. The molecule has 0 aromatic carbocycles. The van der Waals surface area contributed by atoms with E-state index in [0.29, 0.717) is 13.1 Å². The minimum atomic E-state index is -3.64. The molecule has 2 rings (SSSR count). The predicted molar refractivity (Wildman–Crippen MR) is 76.9 cm³/mol. The van der Waals surface area contributed by atoms with E-state index in [9.17, 15) is 13.2 Å². The number of nitrogens with one attached hydrogen (secondary N) is 1. The molecule has 2 heterocycles. The number of nitrogens with zero attached hydrogens (tertiary/aromatic N) is 1. The van der Waals surface area contributed by atoms with Gasteiger partial charge >= 0.3 is 0 Å². The van der Waals surface area contributed by atoms with Crippen molar-refractivity contribution in [2.75, 3.05) is 19.6 Å². The lowest BCUT2D eigenvalue weighted by Gasteiger charge is -2.34. The second kappa shape index (κ2) is 7.06. The van der Waals surface area contributed by atoms with Gasteiger partial charge in [-0.3, -0.25) is 4.79 Å². The highest BCUT2D eigenvalue weighted by Gasteiger charge is 2.35. The molecule has 3 N–H and O–H groups in total. The SMILES string of the molecule is NCCC(=O)NCC1CCCCN1S(=O)(=O)c1ccco1. The van der Waals surface area contributed by atoms with Crippen LogP contribution < -0.4 is 11.1 Å². The first-order valence-corrected chi connectivity index (χ1v) is 8.52. The largest absolute Gasteiger partial charge is 0.452 e. The van der Waals surface area contributed by atoms with Crippen molar-refractivity contribution < 1.29 is 17.6 Å². The van der Waals surface area contributed by atoms with Crippen molar-refractivity contribution in [1.82, 2.24) is 9.62 Å². The van der Waals surface area contributed by atoms with Gasteiger partial charge in [0.05, 0.1) is 6.26 Å². The topological polar surface area (TPSA) is 106 Å². The molecule has 1 aromatic heterocycles. The van der Waals surface area contributed by atoms with Crippen LogP contribution >= 0.6 is 0 Å². The van der Waals surface area contributed by atoms with Crippen LogP contribution in [0.3, 0.4) is 0 Å². The van der Waals surface area contributed by atoms with Crippen molar-refractivity contribution in [2.24, 2.45) is 5.73 Å². The molecule has 7 nitrogen and oxygen atoms in total. The van der Waals surface area contributed by atoms with E-state index < -0.39 is 10.0 Å². The second-order valence-electron chi connectivity index (χ2n) is 5.04. The molecule has 1 unspecified atom stereocenters. The van der Waals surface area contributed by atoms with Crippen molar-refractivity contribution in [3.05, 3.63) is 18.4 Å². The van der Waals surface area contributed by atoms with Gasteiger partial charge in [-0.05, 0) is 25.0 Å². The second-order valence-corrected chi connectivity index (χ2v) is 6.86. The Morgan fingerprint density at radius 2 is 2.29 bits per heavy atom. The number of rotatable bonds is 6. The number of furan rings is 1. The smallest absolute Gasteiger partial charge is 0.276 e. The minimum absolute atomic E-state index is 0.0531. The van der Waals surface area contributed by atoms with Crippen molar-refractivity contribution in [3.8, 4) is 0 Å². The lowest BCUT2D eigenvalue weighted by atomic mass is 10.1. The Morgan fingerprint density at radius 3 is 2.95 bits per heavy atom. The van der Waals surface area contributed by atoms with Gasteiger partial charge in [0.25, 0.3) is 10.0 Å². The summed E-state index contributed by atoms with van der Waals surface area (Å²) in [7, 11) is -3.64. The maximum atomic E-state index is 12.5. The zero-order valence-corrected chi connectivity index (χ0v) is 12.6. The number of piperidine rings is 1. The average molecular weight is 315 g/mol. The van der Waals surface area contributed by atoms with Crippen LogP contribution in [0.2, 0.25) is 0 Å². The standard InChI is InChI=1S/C13H21N3O4S/c14-7-6-12(17)15-10-11-4-1-2-8-16(11)21(18,19)13-5-3-9-20-13/h3,5,9,11H,1-2,4,6-8,10,14H2,(H,15,17). The molecule has 1 aliphatic rings. The molecular formula is C13H21N3O4S. The molecule has 1 saturated heterocycles. The number of hydrogen-bond acceptors (Lipinski definition) is 5. The number of carbonyl (C=O) groups is 1. The molecule has 1 atom stereocenters. The molecule has 1 amide bonds. The Morgan fingerprint density at radius 1 is 1.48 bits per heavy atom. The predicted octanol–water partition coefficient (Wildman–Crippen LogP) is 0.288. The van der Waals surface area contributed by atoms with Crippen molar-refractivity contribution >= 4 is 15.9 Å². The maximum Gasteiger partial charge on any atom is 0.276 e. The molecule has 0 saturated carbocycles. The van der Waals surface area contributed by atoms with Gasteiger partial charge in [0.2, 0.25) is 11.0 Å². The van der Waals surface area contributed by atoms with Crippen LogP contribution in [0.4, 0.5) is 0 Å². The minimum Gasteiger partial charge on any atom is -0.452 e. The lowest BCUT2D eigenvalue weighted by molar-refractivity contribution is -0.121. The van der Waals surface area contributed by atoms with Gasteiger partial charge < -0.3 is 15.5 Å². The zero-order valence-electron chi connectivity index (χ0n) is 11.8. The molecule has 118 valence electrons. The maximum absolute atomic E-state index is 12.5. The molecule has 0 aliphatic carbocycles. The van der Waals surface area contributed by atoms with E-state index in [1.54, 1.807) is 6.07 Å². The Labute approximate surface area is 124 Å². The van der Waals surface area contributed by atoms with Crippen molar-refractivity contribution in [1.29, 1.82) is 0 Å². The van der Waals surface area contributed by atoms with Crippen molar-refractivity contribution in [3.63, 3.8) is 0 Å². The average Bonchev–Trinajstić information content (AvgIpc) is 3.01. The summed E-state index contributed by atoms with van der Waals surface area (Å²) in [5.41, 5.74) is 5.32. The van der Waals surface area contributed by atoms with E-state index in [-0.39, 0.29) is 30.0 Å². The first kappa shape index (κ1) is 16.0. The third-order valence-electron chi connectivity index (χ3n) is 3.54. The van der Waals surface area contributed by atoms with Gasteiger partial charge in [-0.2, -0.15) is 4.31 Å². The molecule has 21 heavy (non-hydrogen) atoms. The van der Waals surface area contributed by atoms with Gasteiger partial charge in [0.1, 0.15) is 0 Å². The summed E-state index contributed by atoms with van der Waals surface area (Å²) in [4.78, 5) is 11.5. The summed E-state index contributed by atoms with van der Waals surface area (Å²) in [5, 5.41) is 2.69. The van der Waals surface area contributed by atoms with Crippen LogP contribution in [-0.2, 0) is 14.8 Å². The van der Waals surface area contributed by atoms with Crippen LogP contribution in [0.15, 0.2) is 27.9 Å². The fourth-order valence-corrected chi connectivity index (χ4v) is 4.07. The summed E-state index contributed by atoms with van der Waals surface area (Å²) in [6.45, 7) is 1.03. The molecule has 1 fully saturated rings. The number of amides is 1. The quantitative estimate of drug-likeness (QED) is 0.785. The lowest BCUT2D eigenvalue weighted by Crippen LogP contribution is -2.49. The first-order chi connectivity index (χ1) is 10.1. The third-order valence-corrected chi connectivity index (χ3v) is 5.38. The Kier molecular flexibility index (Phi) is 5.38. The molecule has 1 aliphatic heterocycles. The molecule has 0 spiro atoms. The Bertz CT molecular complexity index is 556. The summed E-state index contributed by atoms with van der Waals surface area (Å²) < 4.78 is 31.5. The zero-order chi connectivity index (χ0) is 15.3. The van der Waals surface area contributed by atoms with Crippen LogP contribution in [0, 0.1) is 0 Å². The highest BCUT2D eigenvalue weighted by molar-refractivity contribution is 7.89. The van der Waals surface area contributed by atoms with E-state index in [1.165, 1.54) is 16.6 Å². The highest BCUT2D eigenvalue weighted by Crippen LogP contribution is 2.25. The summed E-state index contributed by atoms with van der Waals surface area (Å²) in [6, 6.07) is 2.75.